The van der Waals surface area contributed by atoms with Gasteiger partial charge >= 0.3 is 5.97 Å². The highest BCUT2D eigenvalue weighted by molar-refractivity contribution is 7.99. The van der Waals surface area contributed by atoms with Gasteiger partial charge in [0.25, 0.3) is 0 Å². The smallest absolute Gasteiger partial charge is 0.343 e. The van der Waals surface area contributed by atoms with Crippen LogP contribution in [0.4, 0.5) is 0 Å². The summed E-state index contributed by atoms with van der Waals surface area (Å²) in [6, 6.07) is 4.03. The molecule has 0 N–H and O–H groups in total. The number of hydrogen-bond donors (Lipinski definition) is 0. The van der Waals surface area contributed by atoms with E-state index in [0.29, 0.717) is 12.2 Å². The first-order valence-corrected chi connectivity index (χ1v) is 7.37. The Morgan fingerprint density at radius 1 is 1.37 bits per heavy atom. The summed E-state index contributed by atoms with van der Waals surface area (Å²) in [5.41, 5.74) is 3.54. The summed E-state index contributed by atoms with van der Waals surface area (Å²) < 4.78 is 6.97. The first-order valence-electron chi connectivity index (χ1n) is 6.38. The molecule has 4 nitrogen and oxygen atoms in total. The van der Waals surface area contributed by atoms with Crippen molar-refractivity contribution in [3.63, 3.8) is 0 Å². The predicted octanol–water partition coefficient (Wildman–Crippen LogP) is 3.24. The summed E-state index contributed by atoms with van der Waals surface area (Å²) in [4.78, 5) is 12.1. The number of rotatable bonds is 4. The maximum absolute atomic E-state index is 12.1. The van der Waals surface area contributed by atoms with Crippen molar-refractivity contribution in [1.29, 1.82) is 0 Å². The number of esters is 1. The van der Waals surface area contributed by atoms with Crippen LogP contribution in [0.15, 0.2) is 17.2 Å². The fourth-order valence-electron chi connectivity index (χ4n) is 2.09. The van der Waals surface area contributed by atoms with Crippen LogP contribution < -0.4 is 0 Å². The Morgan fingerprint density at radius 3 is 2.74 bits per heavy atom. The number of pyridine rings is 1. The van der Waals surface area contributed by atoms with E-state index in [1.165, 1.54) is 0 Å². The summed E-state index contributed by atoms with van der Waals surface area (Å²) in [5, 5.41) is 5.27. The van der Waals surface area contributed by atoms with Gasteiger partial charge in [-0.3, -0.25) is 0 Å². The van der Waals surface area contributed by atoms with Crippen molar-refractivity contribution in [2.75, 3.05) is 12.4 Å². The number of fused-ring (bicyclic) bond motifs is 1. The zero-order chi connectivity index (χ0) is 14.0. The van der Waals surface area contributed by atoms with Crippen LogP contribution in [-0.4, -0.2) is 27.9 Å². The van der Waals surface area contributed by atoms with Crippen molar-refractivity contribution in [1.82, 2.24) is 9.61 Å². The highest BCUT2D eigenvalue weighted by Gasteiger charge is 2.21. The predicted molar refractivity (Wildman–Crippen MR) is 77.0 cm³/mol. The fraction of sp³-hybridized carbons (Fsp3) is 0.429. The van der Waals surface area contributed by atoms with Gasteiger partial charge in [-0.15, -0.1) is 11.8 Å². The Labute approximate surface area is 117 Å². The second-order valence-electron chi connectivity index (χ2n) is 4.30. The number of aryl methyl sites for hydroxylation is 2. The molecule has 0 amide bonds. The van der Waals surface area contributed by atoms with Crippen LogP contribution in [0.1, 0.15) is 35.5 Å². The quantitative estimate of drug-likeness (QED) is 0.636. The third-order valence-electron chi connectivity index (χ3n) is 2.78. The zero-order valence-electron chi connectivity index (χ0n) is 11.7. The van der Waals surface area contributed by atoms with Gasteiger partial charge in [0.1, 0.15) is 10.6 Å². The van der Waals surface area contributed by atoms with Gasteiger partial charge in [0.05, 0.1) is 12.1 Å². The monoisotopic (exact) mass is 278 g/mol. The van der Waals surface area contributed by atoms with Crippen molar-refractivity contribution < 1.29 is 9.53 Å². The van der Waals surface area contributed by atoms with Crippen LogP contribution in [-0.2, 0) is 4.74 Å². The van der Waals surface area contributed by atoms with Crippen molar-refractivity contribution >= 4 is 23.2 Å². The van der Waals surface area contributed by atoms with Gasteiger partial charge in [-0.1, -0.05) is 6.92 Å². The van der Waals surface area contributed by atoms with Crippen molar-refractivity contribution in [2.24, 2.45) is 0 Å². The van der Waals surface area contributed by atoms with Gasteiger partial charge in [-0.25, -0.2) is 9.31 Å². The van der Waals surface area contributed by atoms with Crippen molar-refractivity contribution in [3.05, 3.63) is 29.0 Å². The largest absolute Gasteiger partial charge is 0.462 e. The van der Waals surface area contributed by atoms with Crippen molar-refractivity contribution in [3.8, 4) is 0 Å². The molecule has 0 radical (unpaired) electrons. The summed E-state index contributed by atoms with van der Waals surface area (Å²) in [7, 11) is 0. The lowest BCUT2D eigenvalue weighted by molar-refractivity contribution is 0.0524. The molecule has 0 aliphatic rings. The van der Waals surface area contributed by atoms with E-state index in [1.54, 1.807) is 11.8 Å². The second kappa shape index (κ2) is 5.65. The number of thioether (sulfide) groups is 1. The summed E-state index contributed by atoms with van der Waals surface area (Å²) >= 11 is 1.56. The first-order chi connectivity index (χ1) is 9.08. The molecule has 0 atom stereocenters. The van der Waals surface area contributed by atoms with E-state index in [0.717, 1.165) is 27.6 Å². The van der Waals surface area contributed by atoms with Crippen LogP contribution >= 0.6 is 11.8 Å². The van der Waals surface area contributed by atoms with Crippen LogP contribution in [0.25, 0.3) is 5.52 Å². The minimum Gasteiger partial charge on any atom is -0.462 e. The fourth-order valence-corrected chi connectivity index (χ4v) is 2.84. The third kappa shape index (κ3) is 2.61. The molecule has 2 aromatic heterocycles. The van der Waals surface area contributed by atoms with E-state index in [9.17, 15) is 4.79 Å². The average molecular weight is 278 g/mol. The summed E-state index contributed by atoms with van der Waals surface area (Å²) in [6.45, 7) is 8.23. The third-order valence-corrected chi connectivity index (χ3v) is 3.63. The minimum atomic E-state index is -0.293. The van der Waals surface area contributed by atoms with Crippen LogP contribution in [0.5, 0.6) is 0 Å². The Kier molecular flexibility index (Phi) is 4.14. The molecule has 0 fully saturated rings. The van der Waals surface area contributed by atoms with E-state index in [-0.39, 0.29) is 5.97 Å². The maximum Gasteiger partial charge on any atom is 0.343 e. The van der Waals surface area contributed by atoms with Crippen LogP contribution in [0, 0.1) is 13.8 Å². The van der Waals surface area contributed by atoms with E-state index in [4.69, 9.17) is 4.74 Å². The lowest BCUT2D eigenvalue weighted by Crippen LogP contribution is -2.05. The lowest BCUT2D eigenvalue weighted by Gasteiger charge is -2.03. The molecular weight excluding hydrogens is 260 g/mol. The molecule has 0 bridgehead atoms. The van der Waals surface area contributed by atoms with E-state index < -0.39 is 0 Å². The van der Waals surface area contributed by atoms with Gasteiger partial charge in [-0.05, 0) is 44.2 Å². The minimum absolute atomic E-state index is 0.293. The van der Waals surface area contributed by atoms with E-state index in [2.05, 4.69) is 11.2 Å². The Hall–Kier alpha value is -1.49. The maximum atomic E-state index is 12.1. The molecule has 5 heteroatoms. The second-order valence-corrected chi connectivity index (χ2v) is 5.56. The zero-order valence-corrected chi connectivity index (χ0v) is 12.5. The number of carbonyl (C=O) groups is 1. The van der Waals surface area contributed by atoms with Gasteiger partial charge in [0, 0.05) is 5.69 Å². The van der Waals surface area contributed by atoms with Gasteiger partial charge < -0.3 is 4.74 Å². The molecule has 0 aliphatic heterocycles. The molecule has 2 heterocycles. The topological polar surface area (TPSA) is 43.6 Å². The van der Waals surface area contributed by atoms with Crippen LogP contribution in [0.3, 0.4) is 0 Å². The highest BCUT2D eigenvalue weighted by Crippen LogP contribution is 2.27. The number of hydrogen-bond acceptors (Lipinski definition) is 4. The molecular formula is C14H18N2O2S. The lowest BCUT2D eigenvalue weighted by atomic mass is 10.2. The molecule has 0 aliphatic carbocycles. The molecule has 2 rings (SSSR count). The normalized spacial score (nSPS) is 10.9. The molecule has 2 aromatic rings. The first kappa shape index (κ1) is 13.9. The van der Waals surface area contributed by atoms with Gasteiger partial charge in [0.2, 0.25) is 0 Å². The molecule has 0 saturated heterocycles. The molecule has 19 heavy (non-hydrogen) atoms. The van der Waals surface area contributed by atoms with E-state index >= 15 is 0 Å². The number of nitrogens with zero attached hydrogens (tertiary/aromatic N) is 2. The summed E-state index contributed by atoms with van der Waals surface area (Å²) in [6.07, 6.45) is 0. The molecule has 0 unspecified atom stereocenters. The Bertz CT molecular complexity index is 619. The molecule has 0 saturated carbocycles. The number of carbonyl (C=O) groups excluding carboxylic acids is 1. The van der Waals surface area contributed by atoms with Gasteiger partial charge in [-0.2, -0.15) is 5.10 Å². The molecule has 0 aromatic carbocycles. The molecule has 102 valence electrons. The Balaban J connectivity index is 2.68. The Morgan fingerprint density at radius 2 is 2.11 bits per heavy atom. The highest BCUT2D eigenvalue weighted by atomic mass is 32.2. The standard InChI is InChI=1S/C14H18N2O2S/c1-5-18-14(17)12-11-8-9(3)7-10(4)16(11)15-13(12)19-6-2/h7-8H,5-6H2,1-4H3. The SMILES string of the molecule is CCOC(=O)c1c(SCC)nn2c(C)cc(C)cc12. The summed E-state index contributed by atoms with van der Waals surface area (Å²) in [5.74, 6) is 0.576. The average Bonchev–Trinajstić information content (AvgIpc) is 2.68. The van der Waals surface area contributed by atoms with Crippen LogP contribution in [0.2, 0.25) is 0 Å². The van der Waals surface area contributed by atoms with Crippen molar-refractivity contribution in [2.45, 2.75) is 32.7 Å². The number of aromatic nitrogens is 2. The van der Waals surface area contributed by atoms with E-state index in [1.807, 2.05) is 38.3 Å². The number of ether oxygens (including phenoxy) is 1. The molecule has 0 spiro atoms. The van der Waals surface area contributed by atoms with Gasteiger partial charge in [0.15, 0.2) is 0 Å².